The fourth-order valence-electron chi connectivity index (χ4n) is 6.18. The second-order valence-electron chi connectivity index (χ2n) is 8.74. The number of anilines is 1. The van der Waals surface area contributed by atoms with Crippen LogP contribution in [0.4, 0.5) is 10.1 Å². The van der Waals surface area contributed by atoms with Gasteiger partial charge in [0, 0.05) is 11.3 Å². The molecule has 0 atom stereocenters. The van der Waals surface area contributed by atoms with Crippen LogP contribution in [0.2, 0.25) is 0 Å². The van der Waals surface area contributed by atoms with Crippen molar-refractivity contribution in [2.24, 2.45) is 17.8 Å². The van der Waals surface area contributed by atoms with Gasteiger partial charge < -0.3 is 5.32 Å². The second kappa shape index (κ2) is 5.94. The molecular formula is C23H24FNO. The van der Waals surface area contributed by atoms with Crippen LogP contribution in [0.15, 0.2) is 48.5 Å². The van der Waals surface area contributed by atoms with Crippen molar-refractivity contribution in [2.45, 2.75) is 43.9 Å². The summed E-state index contributed by atoms with van der Waals surface area (Å²) in [5.41, 5.74) is 3.11. The monoisotopic (exact) mass is 349 g/mol. The number of hydrogen-bond acceptors (Lipinski definition) is 1. The second-order valence-corrected chi connectivity index (χ2v) is 8.74. The zero-order valence-electron chi connectivity index (χ0n) is 14.9. The Hall–Kier alpha value is -2.16. The third-order valence-corrected chi connectivity index (χ3v) is 6.90. The lowest BCUT2D eigenvalue weighted by Gasteiger charge is -2.57. The van der Waals surface area contributed by atoms with E-state index in [1.807, 2.05) is 12.1 Å². The van der Waals surface area contributed by atoms with Crippen molar-refractivity contribution in [3.8, 4) is 0 Å². The Morgan fingerprint density at radius 3 is 1.92 bits per heavy atom. The van der Waals surface area contributed by atoms with Crippen LogP contribution in [0.3, 0.4) is 0 Å². The van der Waals surface area contributed by atoms with Gasteiger partial charge in [-0.25, -0.2) is 4.39 Å². The molecule has 0 saturated heterocycles. The molecule has 2 nitrogen and oxygen atoms in total. The van der Waals surface area contributed by atoms with Gasteiger partial charge in [-0.3, -0.25) is 4.79 Å². The number of halogens is 1. The van der Waals surface area contributed by atoms with Crippen LogP contribution >= 0.6 is 0 Å². The summed E-state index contributed by atoms with van der Waals surface area (Å²) in [5.74, 6) is 2.26. The molecule has 0 spiro atoms. The topological polar surface area (TPSA) is 29.1 Å². The maximum Gasteiger partial charge on any atom is 0.255 e. The Morgan fingerprint density at radius 1 is 0.846 bits per heavy atom. The summed E-state index contributed by atoms with van der Waals surface area (Å²) in [7, 11) is 0. The van der Waals surface area contributed by atoms with E-state index in [4.69, 9.17) is 0 Å². The predicted octanol–water partition coefficient (Wildman–Crippen LogP) is 5.55. The lowest BCUT2D eigenvalue weighted by atomic mass is 9.48. The van der Waals surface area contributed by atoms with E-state index in [1.54, 1.807) is 0 Å². The lowest BCUT2D eigenvalue weighted by Crippen LogP contribution is -2.48. The Labute approximate surface area is 153 Å². The van der Waals surface area contributed by atoms with Gasteiger partial charge in [-0.1, -0.05) is 12.1 Å². The van der Waals surface area contributed by atoms with Crippen molar-refractivity contribution in [3.63, 3.8) is 0 Å². The summed E-state index contributed by atoms with van der Waals surface area (Å²) in [6.45, 7) is 0. The lowest BCUT2D eigenvalue weighted by molar-refractivity contribution is -0.00518. The van der Waals surface area contributed by atoms with Gasteiger partial charge >= 0.3 is 0 Å². The molecule has 1 amide bonds. The molecule has 6 rings (SSSR count). The number of hydrogen-bond donors (Lipinski definition) is 1. The summed E-state index contributed by atoms with van der Waals surface area (Å²) in [6.07, 6.45) is 8.39. The van der Waals surface area contributed by atoms with E-state index in [0.717, 1.165) is 23.4 Å². The largest absolute Gasteiger partial charge is 0.322 e. The SMILES string of the molecule is O=C(Nc1ccc(C23CC4CC(CC(C4)C2)C3)cc1)c1ccc(F)cc1. The van der Waals surface area contributed by atoms with Gasteiger partial charge in [0.05, 0.1) is 0 Å². The Morgan fingerprint density at radius 2 is 1.38 bits per heavy atom. The maximum atomic E-state index is 13.0. The van der Waals surface area contributed by atoms with E-state index >= 15 is 0 Å². The molecule has 2 aromatic rings. The average Bonchev–Trinajstić information content (AvgIpc) is 2.61. The quantitative estimate of drug-likeness (QED) is 0.774. The highest BCUT2D eigenvalue weighted by molar-refractivity contribution is 6.04. The Bertz CT molecular complexity index is 789. The molecule has 0 radical (unpaired) electrons. The third-order valence-electron chi connectivity index (χ3n) is 6.90. The van der Waals surface area contributed by atoms with Crippen LogP contribution in [0.1, 0.15) is 54.4 Å². The van der Waals surface area contributed by atoms with Crippen molar-refractivity contribution in [1.29, 1.82) is 0 Å². The number of carbonyl (C=O) groups is 1. The van der Waals surface area contributed by atoms with Gasteiger partial charge in [-0.15, -0.1) is 0 Å². The highest BCUT2D eigenvalue weighted by Crippen LogP contribution is 2.60. The van der Waals surface area contributed by atoms with E-state index in [0.29, 0.717) is 11.0 Å². The molecule has 4 bridgehead atoms. The first-order valence-corrected chi connectivity index (χ1v) is 9.77. The average molecular weight is 349 g/mol. The number of rotatable bonds is 3. The maximum absolute atomic E-state index is 13.0. The first-order valence-electron chi connectivity index (χ1n) is 9.77. The van der Waals surface area contributed by atoms with Crippen molar-refractivity contribution in [2.75, 3.05) is 5.32 Å². The predicted molar refractivity (Wildman–Crippen MR) is 101 cm³/mol. The van der Waals surface area contributed by atoms with Crippen LogP contribution in [0.25, 0.3) is 0 Å². The smallest absolute Gasteiger partial charge is 0.255 e. The molecule has 4 fully saturated rings. The van der Waals surface area contributed by atoms with Gasteiger partial charge in [0.15, 0.2) is 0 Å². The van der Waals surface area contributed by atoms with E-state index in [-0.39, 0.29) is 11.7 Å². The zero-order valence-corrected chi connectivity index (χ0v) is 14.9. The minimum atomic E-state index is -0.332. The molecular weight excluding hydrogens is 325 g/mol. The van der Waals surface area contributed by atoms with Crippen molar-refractivity contribution >= 4 is 11.6 Å². The fraction of sp³-hybridized carbons (Fsp3) is 0.435. The normalized spacial score (nSPS) is 31.8. The molecule has 0 unspecified atom stereocenters. The van der Waals surface area contributed by atoms with E-state index < -0.39 is 0 Å². The summed E-state index contributed by atoms with van der Waals surface area (Å²) >= 11 is 0. The number of amides is 1. The highest BCUT2D eigenvalue weighted by atomic mass is 19.1. The molecule has 4 saturated carbocycles. The van der Waals surface area contributed by atoms with Crippen LogP contribution in [0.5, 0.6) is 0 Å². The third kappa shape index (κ3) is 2.74. The van der Waals surface area contributed by atoms with Crippen LogP contribution < -0.4 is 5.32 Å². The van der Waals surface area contributed by atoms with E-state index in [2.05, 4.69) is 17.4 Å². The molecule has 26 heavy (non-hydrogen) atoms. The summed E-state index contributed by atoms with van der Waals surface area (Å²) < 4.78 is 13.0. The summed E-state index contributed by atoms with van der Waals surface area (Å²) in [5, 5.41) is 2.92. The highest BCUT2D eigenvalue weighted by Gasteiger charge is 2.51. The zero-order chi connectivity index (χ0) is 17.7. The number of carbonyl (C=O) groups excluding carboxylic acids is 1. The van der Waals surface area contributed by atoms with Gasteiger partial charge in [-0.05, 0) is 104 Å². The van der Waals surface area contributed by atoms with Crippen molar-refractivity contribution in [1.82, 2.24) is 0 Å². The Kier molecular flexibility index (Phi) is 3.66. The van der Waals surface area contributed by atoms with Crippen LogP contribution in [0, 0.1) is 23.6 Å². The molecule has 4 aliphatic carbocycles. The number of benzene rings is 2. The molecule has 4 aliphatic rings. The Balaban J connectivity index is 1.33. The molecule has 0 heterocycles. The minimum absolute atomic E-state index is 0.201. The molecule has 2 aromatic carbocycles. The summed E-state index contributed by atoms with van der Waals surface area (Å²) in [6, 6.07) is 14.1. The molecule has 3 heteroatoms. The first kappa shape index (κ1) is 16.0. The minimum Gasteiger partial charge on any atom is -0.322 e. The molecule has 1 N–H and O–H groups in total. The summed E-state index contributed by atoms with van der Waals surface area (Å²) in [4.78, 5) is 12.3. The molecule has 0 aromatic heterocycles. The van der Waals surface area contributed by atoms with Gasteiger partial charge in [0.25, 0.3) is 5.91 Å². The standard InChI is InChI=1S/C23H24FNO/c24-20-5-1-18(2-6-20)22(26)25-21-7-3-19(4-8-21)23-12-15-9-16(13-23)11-17(10-15)14-23/h1-8,15-17H,9-14H2,(H,25,26). The number of nitrogens with one attached hydrogen (secondary N) is 1. The van der Waals surface area contributed by atoms with Crippen molar-refractivity contribution in [3.05, 3.63) is 65.5 Å². The first-order chi connectivity index (χ1) is 12.6. The van der Waals surface area contributed by atoms with Gasteiger partial charge in [0.1, 0.15) is 5.82 Å². The van der Waals surface area contributed by atoms with Gasteiger partial charge in [-0.2, -0.15) is 0 Å². The van der Waals surface area contributed by atoms with Crippen molar-refractivity contribution < 1.29 is 9.18 Å². The van der Waals surface area contributed by atoms with E-state index in [1.165, 1.54) is 68.4 Å². The van der Waals surface area contributed by atoms with Crippen LogP contribution in [-0.2, 0) is 5.41 Å². The molecule has 134 valence electrons. The van der Waals surface area contributed by atoms with E-state index in [9.17, 15) is 9.18 Å². The van der Waals surface area contributed by atoms with Crippen LogP contribution in [-0.4, -0.2) is 5.91 Å². The van der Waals surface area contributed by atoms with Gasteiger partial charge in [0.2, 0.25) is 0 Å². The fourth-order valence-corrected chi connectivity index (χ4v) is 6.18. The molecule has 0 aliphatic heterocycles.